The third-order valence-corrected chi connectivity index (χ3v) is 6.88. The molecule has 0 saturated carbocycles. The van der Waals surface area contributed by atoms with Gasteiger partial charge >= 0.3 is 5.97 Å². The van der Waals surface area contributed by atoms with Crippen molar-refractivity contribution in [1.82, 2.24) is 4.90 Å². The minimum Gasteiger partial charge on any atom is -0.466 e. The van der Waals surface area contributed by atoms with E-state index in [1.165, 1.54) is 11.8 Å². The number of esters is 1. The van der Waals surface area contributed by atoms with Gasteiger partial charge in [-0.1, -0.05) is 23.2 Å². The maximum Gasteiger partial charge on any atom is 0.309 e. The van der Waals surface area contributed by atoms with Crippen LogP contribution in [0.15, 0.2) is 44.6 Å². The number of thioether (sulfide) groups is 1. The molecule has 31 heavy (non-hydrogen) atoms. The Kier molecular flexibility index (Phi) is 6.74. The second kappa shape index (κ2) is 9.51. The third kappa shape index (κ3) is 5.00. The number of amides is 1. The van der Waals surface area contributed by atoms with Crippen molar-refractivity contribution in [2.24, 2.45) is 10.9 Å². The third-order valence-electron chi connectivity index (χ3n) is 5.10. The van der Waals surface area contributed by atoms with Crippen LogP contribution in [0.4, 0.5) is 0 Å². The summed E-state index contributed by atoms with van der Waals surface area (Å²) < 4.78 is 11.0. The summed E-state index contributed by atoms with van der Waals surface area (Å²) >= 11 is 13.4. The highest BCUT2D eigenvalue weighted by atomic mass is 35.5. The van der Waals surface area contributed by atoms with Gasteiger partial charge in [0, 0.05) is 24.7 Å². The number of halogens is 2. The SMILES string of the molecule is CCOC(=O)C1CCN(C2=NC(=O)/C(=C/c3ccc(-c4ccc(Cl)c(Cl)c4)o3)S2)CC1. The fourth-order valence-electron chi connectivity index (χ4n) is 3.46. The number of rotatable bonds is 4. The van der Waals surface area contributed by atoms with Gasteiger partial charge in [0.05, 0.1) is 27.5 Å². The largest absolute Gasteiger partial charge is 0.466 e. The molecule has 1 amide bonds. The van der Waals surface area contributed by atoms with Crippen molar-refractivity contribution in [1.29, 1.82) is 0 Å². The molecule has 1 saturated heterocycles. The second-order valence-electron chi connectivity index (χ2n) is 7.15. The van der Waals surface area contributed by atoms with E-state index < -0.39 is 0 Å². The predicted molar refractivity (Wildman–Crippen MR) is 123 cm³/mol. The fraction of sp³-hybridized carbons (Fsp3) is 0.318. The lowest BCUT2D eigenvalue weighted by Crippen LogP contribution is -2.39. The Bertz CT molecular complexity index is 1070. The first-order valence-corrected chi connectivity index (χ1v) is 11.5. The number of aliphatic imine (C=N–C) groups is 1. The van der Waals surface area contributed by atoms with Gasteiger partial charge in [-0.15, -0.1) is 0 Å². The molecule has 162 valence electrons. The van der Waals surface area contributed by atoms with Crippen LogP contribution in [0.25, 0.3) is 17.4 Å². The van der Waals surface area contributed by atoms with E-state index >= 15 is 0 Å². The van der Waals surface area contributed by atoms with Gasteiger partial charge < -0.3 is 14.1 Å². The van der Waals surface area contributed by atoms with E-state index in [0.717, 1.165) is 5.56 Å². The average molecular weight is 479 g/mol. The Morgan fingerprint density at radius 1 is 1.26 bits per heavy atom. The zero-order valence-electron chi connectivity index (χ0n) is 16.8. The van der Waals surface area contributed by atoms with Gasteiger partial charge in [-0.05, 0) is 61.9 Å². The molecule has 0 N–H and O–H groups in total. The lowest BCUT2D eigenvalue weighted by atomic mass is 9.97. The van der Waals surface area contributed by atoms with Crippen LogP contribution >= 0.6 is 35.0 Å². The number of hydrogen-bond donors (Lipinski definition) is 0. The quantitative estimate of drug-likeness (QED) is 0.426. The van der Waals surface area contributed by atoms with Gasteiger partial charge in [-0.2, -0.15) is 4.99 Å². The van der Waals surface area contributed by atoms with Gasteiger partial charge in [-0.25, -0.2) is 0 Å². The first kappa shape index (κ1) is 22.0. The maximum atomic E-state index is 12.4. The summed E-state index contributed by atoms with van der Waals surface area (Å²) in [6, 6.07) is 8.87. The zero-order chi connectivity index (χ0) is 22.0. The second-order valence-corrected chi connectivity index (χ2v) is 8.98. The number of ether oxygens (including phenoxy) is 1. The molecule has 0 spiro atoms. The summed E-state index contributed by atoms with van der Waals surface area (Å²) in [4.78, 5) is 31.0. The van der Waals surface area contributed by atoms with Crippen LogP contribution in [0.1, 0.15) is 25.5 Å². The van der Waals surface area contributed by atoms with Crippen LogP contribution in [-0.4, -0.2) is 41.6 Å². The highest BCUT2D eigenvalue weighted by Gasteiger charge is 2.31. The van der Waals surface area contributed by atoms with Gasteiger partial charge in [0.25, 0.3) is 5.91 Å². The number of hydrogen-bond acceptors (Lipinski definition) is 6. The zero-order valence-corrected chi connectivity index (χ0v) is 19.1. The topological polar surface area (TPSA) is 72.1 Å². The van der Waals surface area contributed by atoms with Gasteiger partial charge in [0.2, 0.25) is 0 Å². The monoisotopic (exact) mass is 478 g/mol. The summed E-state index contributed by atoms with van der Waals surface area (Å²) in [6.07, 6.45) is 3.07. The molecule has 2 aromatic rings. The van der Waals surface area contributed by atoms with Crippen molar-refractivity contribution in [3.8, 4) is 11.3 Å². The Morgan fingerprint density at radius 3 is 2.74 bits per heavy atom. The molecule has 1 fully saturated rings. The smallest absolute Gasteiger partial charge is 0.309 e. The Labute approximate surface area is 194 Å². The van der Waals surface area contributed by atoms with Crippen molar-refractivity contribution in [3.63, 3.8) is 0 Å². The van der Waals surface area contributed by atoms with E-state index in [1.54, 1.807) is 24.3 Å². The number of amidine groups is 1. The summed E-state index contributed by atoms with van der Waals surface area (Å²) in [5, 5.41) is 1.58. The number of likely N-dealkylation sites (tertiary alicyclic amines) is 1. The number of furan rings is 1. The van der Waals surface area contributed by atoms with Crippen LogP contribution < -0.4 is 0 Å². The molecule has 6 nitrogen and oxygen atoms in total. The molecule has 3 heterocycles. The van der Waals surface area contributed by atoms with Crippen molar-refractivity contribution in [2.75, 3.05) is 19.7 Å². The van der Waals surface area contributed by atoms with Crippen LogP contribution in [0.5, 0.6) is 0 Å². The summed E-state index contributed by atoms with van der Waals surface area (Å²) in [6.45, 7) is 3.53. The summed E-state index contributed by atoms with van der Waals surface area (Å²) in [7, 11) is 0. The molecule has 0 radical (unpaired) electrons. The molecule has 2 aliphatic rings. The van der Waals surface area contributed by atoms with Gasteiger partial charge in [-0.3, -0.25) is 9.59 Å². The molecule has 0 atom stereocenters. The van der Waals surface area contributed by atoms with Gasteiger partial charge in [0.1, 0.15) is 11.5 Å². The van der Waals surface area contributed by atoms with Crippen LogP contribution in [0.2, 0.25) is 10.0 Å². The molecule has 2 aliphatic heterocycles. The molecule has 0 unspecified atom stereocenters. The molecule has 1 aromatic carbocycles. The number of carbonyl (C=O) groups excluding carboxylic acids is 2. The van der Waals surface area contributed by atoms with Crippen molar-refractivity contribution in [3.05, 3.63) is 51.0 Å². The van der Waals surface area contributed by atoms with Crippen LogP contribution in [-0.2, 0) is 14.3 Å². The highest BCUT2D eigenvalue weighted by molar-refractivity contribution is 8.18. The van der Waals surface area contributed by atoms with Crippen molar-refractivity contribution < 1.29 is 18.7 Å². The Morgan fingerprint density at radius 2 is 2.03 bits per heavy atom. The van der Waals surface area contributed by atoms with Crippen molar-refractivity contribution in [2.45, 2.75) is 19.8 Å². The van der Waals surface area contributed by atoms with E-state index in [1.807, 2.05) is 24.0 Å². The van der Waals surface area contributed by atoms with E-state index in [2.05, 4.69) is 4.99 Å². The Hall–Kier alpha value is -2.22. The molecule has 4 rings (SSSR count). The average Bonchev–Trinajstić information content (AvgIpc) is 3.38. The molecular formula is C22H20Cl2N2O4S. The highest BCUT2D eigenvalue weighted by Crippen LogP contribution is 2.34. The lowest BCUT2D eigenvalue weighted by Gasteiger charge is -2.31. The van der Waals surface area contributed by atoms with Crippen molar-refractivity contribution >= 4 is 58.1 Å². The van der Waals surface area contributed by atoms with Crippen LogP contribution in [0.3, 0.4) is 0 Å². The molecule has 0 bridgehead atoms. The first-order chi connectivity index (χ1) is 14.9. The number of carbonyl (C=O) groups is 2. The first-order valence-electron chi connectivity index (χ1n) is 9.94. The molecule has 9 heteroatoms. The maximum absolute atomic E-state index is 12.4. The number of benzene rings is 1. The minimum absolute atomic E-state index is 0.0863. The van der Waals surface area contributed by atoms with E-state index in [-0.39, 0.29) is 17.8 Å². The van der Waals surface area contributed by atoms with E-state index in [0.29, 0.717) is 64.2 Å². The number of nitrogens with zero attached hydrogens (tertiary/aromatic N) is 2. The van der Waals surface area contributed by atoms with Crippen LogP contribution in [0, 0.1) is 5.92 Å². The molecular weight excluding hydrogens is 459 g/mol. The molecule has 0 aliphatic carbocycles. The minimum atomic E-state index is -0.292. The van der Waals surface area contributed by atoms with E-state index in [9.17, 15) is 9.59 Å². The normalized spacial score (nSPS) is 18.5. The molecule has 1 aromatic heterocycles. The Balaban J connectivity index is 1.40. The summed E-state index contributed by atoms with van der Waals surface area (Å²) in [5.74, 6) is 0.657. The van der Waals surface area contributed by atoms with E-state index in [4.69, 9.17) is 32.4 Å². The standard InChI is InChI=1S/C22H20Cl2N2O4S/c1-2-29-21(28)13-7-9-26(10-8-13)22-25-20(27)19(31-22)12-15-4-6-18(30-15)14-3-5-16(23)17(24)11-14/h3-6,11-13H,2,7-10H2,1H3/b19-12-. The van der Waals surface area contributed by atoms with Gasteiger partial charge in [0.15, 0.2) is 5.17 Å². The predicted octanol–water partition coefficient (Wildman–Crippen LogP) is 5.50. The lowest BCUT2D eigenvalue weighted by molar-refractivity contribution is -0.149. The fourth-order valence-corrected chi connectivity index (χ4v) is 4.71. The summed E-state index contributed by atoms with van der Waals surface area (Å²) in [5.41, 5.74) is 0.797. The number of piperidine rings is 1.